The molecule has 0 aromatic carbocycles. The Balaban J connectivity index is 2.24. The predicted molar refractivity (Wildman–Crippen MR) is 67.6 cm³/mol. The minimum absolute atomic E-state index is 0.00278. The number of amides is 1. The molecule has 0 spiro atoms. The molecule has 1 saturated heterocycles. The zero-order valence-electron chi connectivity index (χ0n) is 10.4. The number of nitrogen functional groups attached to an aromatic ring is 1. The number of nitrogens with two attached hydrogens (primary N) is 1. The highest BCUT2D eigenvalue weighted by Crippen LogP contribution is 2.24. The first kappa shape index (κ1) is 11.9. The Bertz CT molecular complexity index is 409. The van der Waals surface area contributed by atoms with Gasteiger partial charge in [0, 0.05) is 12.1 Å². The van der Waals surface area contributed by atoms with Crippen LogP contribution in [0.15, 0.2) is 18.2 Å². The zero-order chi connectivity index (χ0) is 12.4. The van der Waals surface area contributed by atoms with Crippen LogP contribution in [0.3, 0.4) is 0 Å². The fourth-order valence-electron chi connectivity index (χ4n) is 2.52. The normalized spacial score (nSPS) is 24.7. The summed E-state index contributed by atoms with van der Waals surface area (Å²) in [7, 11) is 0. The van der Waals surface area contributed by atoms with E-state index in [0.29, 0.717) is 11.5 Å². The number of hydrogen-bond donors (Lipinski definition) is 1. The number of carbonyl (C=O) groups is 1. The summed E-state index contributed by atoms with van der Waals surface area (Å²) in [6, 6.07) is 5.77. The summed E-state index contributed by atoms with van der Waals surface area (Å²) in [5.41, 5.74) is 6.06. The summed E-state index contributed by atoms with van der Waals surface area (Å²) in [6.07, 6.45) is 3.33. The molecule has 4 heteroatoms. The highest BCUT2D eigenvalue weighted by atomic mass is 16.2. The number of carbonyl (C=O) groups excluding carboxylic acids is 1. The fourth-order valence-corrected chi connectivity index (χ4v) is 2.52. The fraction of sp³-hybridized carbons (Fsp3) is 0.538. The lowest BCUT2D eigenvalue weighted by Gasteiger charge is -2.38. The molecule has 1 aromatic heterocycles. The van der Waals surface area contributed by atoms with Gasteiger partial charge in [-0.05, 0) is 45.2 Å². The van der Waals surface area contributed by atoms with E-state index in [0.717, 1.165) is 12.8 Å². The van der Waals surface area contributed by atoms with Gasteiger partial charge in [-0.15, -0.1) is 0 Å². The molecule has 2 heterocycles. The first-order valence-corrected chi connectivity index (χ1v) is 6.15. The lowest BCUT2D eigenvalue weighted by atomic mass is 9.97. The quantitative estimate of drug-likeness (QED) is 0.807. The van der Waals surface area contributed by atoms with E-state index in [1.54, 1.807) is 18.2 Å². The molecule has 17 heavy (non-hydrogen) atoms. The molecule has 0 radical (unpaired) electrons. The van der Waals surface area contributed by atoms with Gasteiger partial charge in [0.2, 0.25) is 0 Å². The van der Waals surface area contributed by atoms with E-state index in [1.165, 1.54) is 6.42 Å². The van der Waals surface area contributed by atoms with Crippen molar-refractivity contribution in [3.05, 3.63) is 23.9 Å². The second-order valence-electron chi connectivity index (χ2n) is 4.79. The van der Waals surface area contributed by atoms with Crippen molar-refractivity contribution in [2.75, 3.05) is 5.73 Å². The summed E-state index contributed by atoms with van der Waals surface area (Å²) in [4.78, 5) is 18.4. The molecule has 92 valence electrons. The van der Waals surface area contributed by atoms with Crippen molar-refractivity contribution in [1.82, 2.24) is 9.88 Å². The molecule has 2 N–H and O–H groups in total. The highest BCUT2D eigenvalue weighted by molar-refractivity contribution is 5.93. The second kappa shape index (κ2) is 4.73. The summed E-state index contributed by atoms with van der Waals surface area (Å²) in [5, 5.41) is 0. The van der Waals surface area contributed by atoms with Crippen LogP contribution in [0.25, 0.3) is 0 Å². The maximum absolute atomic E-state index is 12.4. The van der Waals surface area contributed by atoms with Gasteiger partial charge in [0.05, 0.1) is 0 Å². The van der Waals surface area contributed by atoms with Crippen molar-refractivity contribution < 1.29 is 4.79 Å². The Hall–Kier alpha value is -1.58. The van der Waals surface area contributed by atoms with Crippen molar-refractivity contribution in [2.45, 2.75) is 45.2 Å². The van der Waals surface area contributed by atoms with Gasteiger partial charge in [-0.1, -0.05) is 6.07 Å². The van der Waals surface area contributed by atoms with Gasteiger partial charge in [0.15, 0.2) is 0 Å². The van der Waals surface area contributed by atoms with Crippen LogP contribution in [-0.4, -0.2) is 27.9 Å². The smallest absolute Gasteiger partial charge is 0.273 e. The average Bonchev–Trinajstić information content (AvgIpc) is 2.28. The Labute approximate surface area is 102 Å². The SMILES string of the molecule is C[C@@H]1CCC[C@H](C)N1C(=O)c1cccc(N)n1. The molecule has 0 unspecified atom stereocenters. The van der Waals surface area contributed by atoms with E-state index < -0.39 is 0 Å². The van der Waals surface area contributed by atoms with Crippen molar-refractivity contribution in [3.8, 4) is 0 Å². The summed E-state index contributed by atoms with van der Waals surface area (Å²) >= 11 is 0. The van der Waals surface area contributed by atoms with E-state index in [1.807, 2.05) is 4.90 Å². The Morgan fingerprint density at radius 3 is 2.59 bits per heavy atom. The van der Waals surface area contributed by atoms with Gasteiger partial charge in [0.25, 0.3) is 5.91 Å². The number of rotatable bonds is 1. The molecule has 1 fully saturated rings. The Kier molecular flexibility index (Phi) is 3.31. The molecule has 2 rings (SSSR count). The third-order valence-corrected chi connectivity index (χ3v) is 3.42. The molecule has 0 aliphatic carbocycles. The number of aromatic nitrogens is 1. The minimum Gasteiger partial charge on any atom is -0.384 e. The van der Waals surface area contributed by atoms with Crippen LogP contribution in [0, 0.1) is 0 Å². The van der Waals surface area contributed by atoms with Crippen LogP contribution >= 0.6 is 0 Å². The summed E-state index contributed by atoms with van der Waals surface area (Å²) in [5.74, 6) is 0.394. The standard InChI is InChI=1S/C13H19N3O/c1-9-5-3-6-10(2)16(9)13(17)11-7-4-8-12(14)15-11/h4,7-10H,3,5-6H2,1-2H3,(H2,14,15)/t9-,10+. The zero-order valence-corrected chi connectivity index (χ0v) is 10.4. The first-order chi connectivity index (χ1) is 8.09. The molecule has 1 aromatic rings. The van der Waals surface area contributed by atoms with Gasteiger partial charge in [-0.2, -0.15) is 0 Å². The van der Waals surface area contributed by atoms with Crippen LogP contribution in [-0.2, 0) is 0 Å². The number of piperidine rings is 1. The highest BCUT2D eigenvalue weighted by Gasteiger charge is 2.30. The molecular formula is C13H19N3O. The van der Waals surface area contributed by atoms with Gasteiger partial charge >= 0.3 is 0 Å². The Morgan fingerprint density at radius 1 is 1.35 bits per heavy atom. The topological polar surface area (TPSA) is 59.2 Å². The van der Waals surface area contributed by atoms with Crippen LogP contribution in [0.4, 0.5) is 5.82 Å². The molecule has 1 amide bonds. The monoisotopic (exact) mass is 233 g/mol. The minimum atomic E-state index is -0.00278. The summed E-state index contributed by atoms with van der Waals surface area (Å²) < 4.78 is 0. The lowest BCUT2D eigenvalue weighted by molar-refractivity contribution is 0.0505. The van der Waals surface area contributed by atoms with Crippen molar-refractivity contribution in [1.29, 1.82) is 0 Å². The van der Waals surface area contributed by atoms with Crippen LogP contribution in [0.1, 0.15) is 43.6 Å². The van der Waals surface area contributed by atoms with Gasteiger partial charge < -0.3 is 10.6 Å². The first-order valence-electron chi connectivity index (χ1n) is 6.15. The van der Waals surface area contributed by atoms with E-state index in [4.69, 9.17) is 5.73 Å². The summed E-state index contributed by atoms with van der Waals surface area (Å²) in [6.45, 7) is 4.19. The molecule has 2 atom stereocenters. The second-order valence-corrected chi connectivity index (χ2v) is 4.79. The van der Waals surface area contributed by atoms with Crippen LogP contribution < -0.4 is 5.73 Å². The van der Waals surface area contributed by atoms with Gasteiger partial charge in [0.1, 0.15) is 11.5 Å². The van der Waals surface area contributed by atoms with Crippen LogP contribution in [0.5, 0.6) is 0 Å². The lowest BCUT2D eigenvalue weighted by Crippen LogP contribution is -2.47. The number of hydrogen-bond acceptors (Lipinski definition) is 3. The molecular weight excluding hydrogens is 214 g/mol. The number of pyridine rings is 1. The van der Waals surface area contributed by atoms with Gasteiger partial charge in [-0.25, -0.2) is 4.98 Å². The molecule has 0 bridgehead atoms. The third kappa shape index (κ3) is 2.40. The van der Waals surface area contributed by atoms with Crippen molar-refractivity contribution >= 4 is 11.7 Å². The van der Waals surface area contributed by atoms with E-state index >= 15 is 0 Å². The maximum atomic E-state index is 12.4. The molecule has 1 aliphatic rings. The molecule has 4 nitrogen and oxygen atoms in total. The predicted octanol–water partition coefficient (Wildman–Crippen LogP) is 2.07. The molecule has 1 aliphatic heterocycles. The number of likely N-dealkylation sites (tertiary alicyclic amines) is 1. The van der Waals surface area contributed by atoms with Crippen molar-refractivity contribution in [2.24, 2.45) is 0 Å². The largest absolute Gasteiger partial charge is 0.384 e. The van der Waals surface area contributed by atoms with Crippen molar-refractivity contribution in [3.63, 3.8) is 0 Å². The maximum Gasteiger partial charge on any atom is 0.273 e. The molecule has 0 saturated carbocycles. The van der Waals surface area contributed by atoms with Crippen LogP contribution in [0.2, 0.25) is 0 Å². The van der Waals surface area contributed by atoms with Gasteiger partial charge in [-0.3, -0.25) is 4.79 Å². The van der Waals surface area contributed by atoms with E-state index in [-0.39, 0.29) is 18.0 Å². The van der Waals surface area contributed by atoms with E-state index in [9.17, 15) is 4.79 Å². The number of nitrogens with zero attached hydrogens (tertiary/aromatic N) is 2. The Morgan fingerprint density at radius 2 is 2.00 bits per heavy atom. The van der Waals surface area contributed by atoms with E-state index in [2.05, 4.69) is 18.8 Å². The third-order valence-electron chi connectivity index (χ3n) is 3.42. The number of anilines is 1. The average molecular weight is 233 g/mol.